The molecule has 0 aliphatic carbocycles. The van der Waals surface area contributed by atoms with Crippen LogP contribution in [0.1, 0.15) is 24.1 Å². The summed E-state index contributed by atoms with van der Waals surface area (Å²) in [5.74, 6) is 0. The fraction of sp³-hybridized carbons (Fsp3) is 0.750. The highest BCUT2D eigenvalue weighted by Crippen LogP contribution is 2.24. The molecule has 0 radical (unpaired) electrons. The third-order valence-corrected chi connectivity index (χ3v) is 5.06. The van der Waals surface area contributed by atoms with Gasteiger partial charge in [0.05, 0.1) is 38.6 Å². The maximum absolute atomic E-state index is 10.2. The van der Waals surface area contributed by atoms with E-state index in [-0.39, 0.29) is 12.3 Å². The summed E-state index contributed by atoms with van der Waals surface area (Å²) in [4.78, 5) is 3.49. The van der Waals surface area contributed by atoms with Gasteiger partial charge in [-0.25, -0.2) is 0 Å². The molecule has 0 saturated carbocycles. The molecule has 2 aliphatic rings. The standard InChI is InChI=1S/C16H25NO4S/c18-13(11-19-12-14-4-3-9-22-14)10-17-6-2-1-5-15(17)16-20-7-8-21-16/h3-4,9,13,15-16,18H,1-2,5-8,10-12H2. The van der Waals surface area contributed by atoms with Crippen molar-refractivity contribution in [2.45, 2.75) is 44.3 Å². The lowest BCUT2D eigenvalue weighted by atomic mass is 10.0. The molecule has 124 valence electrons. The zero-order chi connectivity index (χ0) is 15.2. The van der Waals surface area contributed by atoms with Gasteiger partial charge in [0, 0.05) is 11.4 Å². The second kappa shape index (κ2) is 8.38. The predicted octanol–water partition coefficient (Wildman–Crippen LogP) is 1.85. The van der Waals surface area contributed by atoms with Crippen LogP contribution in [-0.2, 0) is 20.8 Å². The van der Waals surface area contributed by atoms with Gasteiger partial charge in [0.1, 0.15) is 0 Å². The smallest absolute Gasteiger partial charge is 0.173 e. The largest absolute Gasteiger partial charge is 0.389 e. The molecule has 2 fully saturated rings. The molecular weight excluding hydrogens is 302 g/mol. The van der Waals surface area contributed by atoms with Gasteiger partial charge >= 0.3 is 0 Å². The maximum atomic E-state index is 10.2. The Labute approximate surface area is 135 Å². The number of nitrogens with zero attached hydrogens (tertiary/aromatic N) is 1. The Morgan fingerprint density at radius 3 is 3.00 bits per heavy atom. The van der Waals surface area contributed by atoms with Crippen molar-refractivity contribution in [3.05, 3.63) is 22.4 Å². The van der Waals surface area contributed by atoms with Crippen LogP contribution in [0.25, 0.3) is 0 Å². The number of rotatable bonds is 7. The molecule has 0 spiro atoms. The van der Waals surface area contributed by atoms with Crippen LogP contribution in [0.15, 0.2) is 17.5 Å². The van der Waals surface area contributed by atoms with Crippen LogP contribution in [0, 0.1) is 0 Å². The lowest BCUT2D eigenvalue weighted by molar-refractivity contribution is -0.117. The molecule has 2 atom stereocenters. The summed E-state index contributed by atoms with van der Waals surface area (Å²) in [5.41, 5.74) is 0. The van der Waals surface area contributed by atoms with Crippen LogP contribution >= 0.6 is 11.3 Å². The number of β-amino-alcohol motifs (C(OH)–C–C–N with tert-alkyl or cyclic N) is 1. The zero-order valence-electron chi connectivity index (χ0n) is 12.9. The van der Waals surface area contributed by atoms with E-state index in [4.69, 9.17) is 14.2 Å². The topological polar surface area (TPSA) is 51.2 Å². The Kier molecular flexibility index (Phi) is 6.23. The molecule has 2 aliphatic heterocycles. The van der Waals surface area contributed by atoms with Gasteiger partial charge in [-0.3, -0.25) is 4.90 Å². The molecular formula is C16H25NO4S. The van der Waals surface area contributed by atoms with E-state index in [9.17, 15) is 5.11 Å². The first-order valence-corrected chi connectivity index (χ1v) is 8.96. The second-order valence-electron chi connectivity index (χ2n) is 5.92. The Morgan fingerprint density at radius 2 is 2.23 bits per heavy atom. The number of thiophene rings is 1. The normalized spacial score (nSPS) is 25.6. The van der Waals surface area contributed by atoms with E-state index in [0.29, 0.717) is 33.0 Å². The molecule has 5 nitrogen and oxygen atoms in total. The predicted molar refractivity (Wildman–Crippen MR) is 84.9 cm³/mol. The Bertz CT molecular complexity index is 422. The molecule has 0 aromatic carbocycles. The minimum Gasteiger partial charge on any atom is -0.389 e. The minimum atomic E-state index is -0.470. The van der Waals surface area contributed by atoms with Gasteiger partial charge in [-0.05, 0) is 30.8 Å². The van der Waals surface area contributed by atoms with Gasteiger partial charge in [0.2, 0.25) is 0 Å². The Balaban J connectivity index is 1.43. The highest BCUT2D eigenvalue weighted by molar-refractivity contribution is 7.09. The van der Waals surface area contributed by atoms with Crippen molar-refractivity contribution < 1.29 is 19.3 Å². The van der Waals surface area contributed by atoms with Gasteiger partial charge in [0.25, 0.3) is 0 Å². The third-order valence-electron chi connectivity index (χ3n) is 4.21. The first-order chi connectivity index (χ1) is 10.8. The summed E-state index contributed by atoms with van der Waals surface area (Å²) >= 11 is 1.68. The van der Waals surface area contributed by atoms with Crippen molar-refractivity contribution in [3.8, 4) is 0 Å². The summed E-state index contributed by atoms with van der Waals surface area (Å²) in [5, 5.41) is 12.3. The van der Waals surface area contributed by atoms with E-state index in [0.717, 1.165) is 13.0 Å². The average molecular weight is 327 g/mol. The van der Waals surface area contributed by atoms with Gasteiger partial charge in [-0.1, -0.05) is 12.5 Å². The number of piperidine rings is 1. The molecule has 2 unspecified atom stereocenters. The first-order valence-electron chi connectivity index (χ1n) is 8.08. The number of likely N-dealkylation sites (tertiary alicyclic amines) is 1. The fourth-order valence-electron chi connectivity index (χ4n) is 3.16. The van der Waals surface area contributed by atoms with Gasteiger partial charge < -0.3 is 19.3 Å². The van der Waals surface area contributed by atoms with Crippen LogP contribution in [0.3, 0.4) is 0 Å². The molecule has 1 aromatic rings. The quantitative estimate of drug-likeness (QED) is 0.828. The number of aliphatic hydroxyl groups excluding tert-OH is 1. The monoisotopic (exact) mass is 327 g/mol. The highest BCUT2D eigenvalue weighted by Gasteiger charge is 2.34. The number of ether oxygens (including phenoxy) is 3. The van der Waals surface area contributed by atoms with Crippen LogP contribution in [0.2, 0.25) is 0 Å². The Morgan fingerprint density at radius 1 is 1.36 bits per heavy atom. The van der Waals surface area contributed by atoms with Crippen molar-refractivity contribution in [1.29, 1.82) is 0 Å². The van der Waals surface area contributed by atoms with Gasteiger partial charge in [0.15, 0.2) is 6.29 Å². The molecule has 22 heavy (non-hydrogen) atoms. The van der Waals surface area contributed by atoms with E-state index < -0.39 is 6.10 Å². The van der Waals surface area contributed by atoms with E-state index in [1.807, 2.05) is 17.5 Å². The molecule has 0 amide bonds. The van der Waals surface area contributed by atoms with E-state index >= 15 is 0 Å². The molecule has 3 rings (SSSR count). The van der Waals surface area contributed by atoms with Crippen LogP contribution in [0.4, 0.5) is 0 Å². The van der Waals surface area contributed by atoms with Crippen molar-refractivity contribution in [2.24, 2.45) is 0 Å². The molecule has 2 saturated heterocycles. The lowest BCUT2D eigenvalue weighted by Crippen LogP contribution is -2.50. The highest BCUT2D eigenvalue weighted by atomic mass is 32.1. The lowest BCUT2D eigenvalue weighted by Gasteiger charge is -2.38. The molecule has 1 aromatic heterocycles. The van der Waals surface area contributed by atoms with Crippen LogP contribution in [-0.4, -0.2) is 61.4 Å². The first kappa shape index (κ1) is 16.4. The van der Waals surface area contributed by atoms with Crippen molar-refractivity contribution in [3.63, 3.8) is 0 Å². The summed E-state index contributed by atoms with van der Waals surface area (Å²) < 4.78 is 16.9. The number of aliphatic hydroxyl groups is 1. The molecule has 6 heteroatoms. The molecule has 3 heterocycles. The second-order valence-corrected chi connectivity index (χ2v) is 6.95. The van der Waals surface area contributed by atoms with Crippen molar-refractivity contribution >= 4 is 11.3 Å². The van der Waals surface area contributed by atoms with Crippen LogP contribution in [0.5, 0.6) is 0 Å². The Hall–Kier alpha value is -0.500. The van der Waals surface area contributed by atoms with E-state index in [1.165, 1.54) is 17.7 Å². The van der Waals surface area contributed by atoms with E-state index in [1.54, 1.807) is 11.3 Å². The third kappa shape index (κ3) is 4.50. The van der Waals surface area contributed by atoms with Gasteiger partial charge in [-0.15, -0.1) is 11.3 Å². The maximum Gasteiger partial charge on any atom is 0.173 e. The SMILES string of the molecule is OC(COCc1cccs1)CN1CCCCC1C1OCCO1. The summed E-state index contributed by atoms with van der Waals surface area (Å²) in [7, 11) is 0. The molecule has 1 N–H and O–H groups in total. The van der Waals surface area contributed by atoms with Gasteiger partial charge in [-0.2, -0.15) is 0 Å². The summed E-state index contributed by atoms with van der Waals surface area (Å²) in [6.45, 7) is 3.93. The summed E-state index contributed by atoms with van der Waals surface area (Å²) in [6.07, 6.45) is 2.86. The van der Waals surface area contributed by atoms with E-state index in [2.05, 4.69) is 4.90 Å². The molecule has 0 bridgehead atoms. The number of hydrogen-bond acceptors (Lipinski definition) is 6. The van der Waals surface area contributed by atoms with Crippen molar-refractivity contribution in [2.75, 3.05) is 32.9 Å². The van der Waals surface area contributed by atoms with Crippen molar-refractivity contribution in [1.82, 2.24) is 4.90 Å². The average Bonchev–Trinajstić information content (AvgIpc) is 3.21. The number of hydrogen-bond donors (Lipinski definition) is 1. The zero-order valence-corrected chi connectivity index (χ0v) is 13.7. The van der Waals surface area contributed by atoms with Crippen LogP contribution < -0.4 is 0 Å². The fourth-order valence-corrected chi connectivity index (χ4v) is 3.80. The summed E-state index contributed by atoms with van der Waals surface area (Å²) in [6, 6.07) is 4.33. The minimum absolute atomic E-state index is 0.125.